The van der Waals surface area contributed by atoms with Crippen LogP contribution in [-0.2, 0) is 16.4 Å². The number of benzene rings is 1. The molecule has 1 saturated carbocycles. The topological polar surface area (TPSA) is 69.4 Å². The maximum Gasteiger partial charge on any atom is 0.165 e. The van der Waals surface area contributed by atoms with Crippen LogP contribution in [0.5, 0.6) is 5.75 Å². The molecule has 2 atom stereocenters. The summed E-state index contributed by atoms with van der Waals surface area (Å²) in [4.78, 5) is 0. The first-order valence-corrected chi connectivity index (χ1v) is 8.70. The molecule has 1 aliphatic rings. The number of para-hydroxylation sites is 1. The van der Waals surface area contributed by atoms with Crippen LogP contribution in [0.3, 0.4) is 0 Å². The van der Waals surface area contributed by atoms with E-state index < -0.39 is 20.9 Å². The largest absolute Gasteiger partial charge is 0.487 e. The molecule has 112 valence electrons. The Balaban J connectivity index is 2.14. The smallest absolute Gasteiger partial charge is 0.165 e. The molecular formula is C14H20FNO3S. The van der Waals surface area contributed by atoms with Crippen LogP contribution >= 0.6 is 0 Å². The fraction of sp³-hybridized carbons (Fsp3) is 0.571. The van der Waals surface area contributed by atoms with Gasteiger partial charge in [0.2, 0.25) is 0 Å². The Kier molecular flexibility index (Phi) is 4.65. The van der Waals surface area contributed by atoms with Gasteiger partial charge in [-0.3, -0.25) is 0 Å². The first-order valence-electron chi connectivity index (χ1n) is 6.74. The Morgan fingerprint density at radius 2 is 2.15 bits per heavy atom. The molecule has 1 aliphatic carbocycles. The quantitative estimate of drug-likeness (QED) is 0.923. The molecule has 0 radical (unpaired) electrons. The number of rotatable bonds is 4. The highest BCUT2D eigenvalue weighted by molar-refractivity contribution is 7.91. The van der Waals surface area contributed by atoms with E-state index in [1.54, 1.807) is 12.1 Å². The van der Waals surface area contributed by atoms with Gasteiger partial charge in [-0.1, -0.05) is 12.1 Å². The van der Waals surface area contributed by atoms with E-state index in [1.807, 2.05) is 0 Å². The summed E-state index contributed by atoms with van der Waals surface area (Å²) in [7, 11) is -3.08. The Hall–Kier alpha value is -1.14. The first-order chi connectivity index (χ1) is 9.41. The van der Waals surface area contributed by atoms with Gasteiger partial charge in [0, 0.05) is 24.8 Å². The van der Waals surface area contributed by atoms with Crippen LogP contribution in [0.25, 0.3) is 0 Å². The molecule has 0 bridgehead atoms. The summed E-state index contributed by atoms with van der Waals surface area (Å²) in [5, 5.41) is -0.394. The molecule has 0 heterocycles. The van der Waals surface area contributed by atoms with Crippen LogP contribution < -0.4 is 10.5 Å². The molecule has 2 N–H and O–H groups in total. The molecule has 2 rings (SSSR count). The zero-order valence-corrected chi connectivity index (χ0v) is 12.3. The molecule has 4 nitrogen and oxygen atoms in total. The lowest BCUT2D eigenvalue weighted by molar-refractivity contribution is 0.148. The van der Waals surface area contributed by atoms with E-state index in [2.05, 4.69) is 0 Å². The van der Waals surface area contributed by atoms with Crippen molar-refractivity contribution in [3.63, 3.8) is 0 Å². The second-order valence-corrected chi connectivity index (χ2v) is 7.62. The van der Waals surface area contributed by atoms with Crippen molar-refractivity contribution in [1.29, 1.82) is 0 Å². The Morgan fingerprint density at radius 3 is 2.80 bits per heavy atom. The Bertz CT molecular complexity index is 574. The second-order valence-electron chi connectivity index (χ2n) is 5.29. The lowest BCUT2D eigenvalue weighted by atomic mass is 9.97. The van der Waals surface area contributed by atoms with Crippen LogP contribution in [0.2, 0.25) is 0 Å². The minimum absolute atomic E-state index is 0.161. The van der Waals surface area contributed by atoms with Crippen molar-refractivity contribution >= 4 is 9.84 Å². The lowest BCUT2D eigenvalue weighted by Gasteiger charge is -2.29. The maximum atomic E-state index is 13.8. The highest BCUT2D eigenvalue weighted by Gasteiger charge is 2.30. The van der Waals surface area contributed by atoms with E-state index in [9.17, 15) is 12.8 Å². The molecule has 1 fully saturated rings. The van der Waals surface area contributed by atoms with Gasteiger partial charge in [-0.25, -0.2) is 12.8 Å². The van der Waals surface area contributed by atoms with Gasteiger partial charge in [0.15, 0.2) is 11.6 Å². The molecule has 1 aromatic rings. The predicted octanol–water partition coefficient (Wildman–Crippen LogP) is 2.02. The molecule has 0 spiro atoms. The summed E-state index contributed by atoms with van der Waals surface area (Å²) < 4.78 is 42.8. The Labute approximate surface area is 119 Å². The van der Waals surface area contributed by atoms with Crippen LogP contribution in [0.4, 0.5) is 4.39 Å². The fourth-order valence-corrected chi connectivity index (χ4v) is 3.77. The zero-order chi connectivity index (χ0) is 14.8. The van der Waals surface area contributed by atoms with Crippen molar-refractivity contribution < 1.29 is 17.5 Å². The maximum absolute atomic E-state index is 13.8. The normalized spacial score (nSPS) is 23.6. The molecule has 2 unspecified atom stereocenters. The third-order valence-electron chi connectivity index (χ3n) is 3.74. The van der Waals surface area contributed by atoms with Crippen molar-refractivity contribution in [2.75, 3.05) is 6.26 Å². The Morgan fingerprint density at radius 1 is 1.40 bits per heavy atom. The highest BCUT2D eigenvalue weighted by atomic mass is 32.2. The molecule has 0 saturated heterocycles. The number of nitrogens with two attached hydrogens (primary N) is 1. The average Bonchev–Trinajstić information content (AvgIpc) is 2.40. The molecule has 6 heteroatoms. The predicted molar refractivity (Wildman–Crippen MR) is 75.8 cm³/mol. The average molecular weight is 301 g/mol. The number of hydrogen-bond acceptors (Lipinski definition) is 4. The summed E-state index contributed by atoms with van der Waals surface area (Å²) in [6.45, 7) is 0.190. The van der Waals surface area contributed by atoms with Crippen molar-refractivity contribution in [2.45, 2.75) is 43.6 Å². The van der Waals surface area contributed by atoms with E-state index >= 15 is 0 Å². The van der Waals surface area contributed by atoms with Gasteiger partial charge in [-0.2, -0.15) is 0 Å². The number of sulfone groups is 1. The summed E-state index contributed by atoms with van der Waals surface area (Å²) in [6, 6.07) is 4.63. The standard InChI is InChI=1S/C14H20FNO3S/c1-20(17,18)12-6-3-5-11(8-12)19-14-10(9-16)4-2-7-13(14)15/h2,4,7,11-12H,3,5-6,8-9,16H2,1H3. The molecule has 0 aromatic heterocycles. The van der Waals surface area contributed by atoms with Crippen molar-refractivity contribution in [3.8, 4) is 5.75 Å². The van der Waals surface area contributed by atoms with E-state index in [0.29, 0.717) is 18.4 Å². The van der Waals surface area contributed by atoms with E-state index in [1.165, 1.54) is 12.3 Å². The van der Waals surface area contributed by atoms with Crippen molar-refractivity contribution in [1.82, 2.24) is 0 Å². The van der Waals surface area contributed by atoms with Gasteiger partial charge in [0.25, 0.3) is 0 Å². The van der Waals surface area contributed by atoms with Crippen molar-refractivity contribution in [3.05, 3.63) is 29.6 Å². The summed E-state index contributed by atoms with van der Waals surface area (Å²) in [5.41, 5.74) is 6.18. The minimum atomic E-state index is -3.08. The summed E-state index contributed by atoms with van der Waals surface area (Å²) >= 11 is 0. The van der Waals surface area contributed by atoms with Crippen LogP contribution in [0.15, 0.2) is 18.2 Å². The van der Waals surface area contributed by atoms with Gasteiger partial charge < -0.3 is 10.5 Å². The minimum Gasteiger partial charge on any atom is -0.487 e. The number of hydrogen-bond donors (Lipinski definition) is 1. The zero-order valence-electron chi connectivity index (χ0n) is 11.5. The van der Waals surface area contributed by atoms with Gasteiger partial charge in [-0.15, -0.1) is 0 Å². The summed E-state index contributed by atoms with van der Waals surface area (Å²) in [6.07, 6.45) is 3.55. The SMILES string of the molecule is CS(=O)(=O)C1CCCC(Oc2c(F)cccc2CN)C1. The van der Waals surface area contributed by atoms with Gasteiger partial charge >= 0.3 is 0 Å². The number of ether oxygens (including phenoxy) is 1. The fourth-order valence-electron chi connectivity index (χ4n) is 2.61. The second kappa shape index (κ2) is 6.10. The molecule has 0 amide bonds. The monoisotopic (exact) mass is 301 g/mol. The third kappa shape index (κ3) is 3.49. The van der Waals surface area contributed by atoms with Crippen LogP contribution in [0, 0.1) is 5.82 Å². The van der Waals surface area contributed by atoms with Crippen molar-refractivity contribution in [2.24, 2.45) is 5.73 Å². The van der Waals surface area contributed by atoms with Gasteiger partial charge in [0.1, 0.15) is 15.9 Å². The molecule has 20 heavy (non-hydrogen) atoms. The van der Waals surface area contributed by atoms with E-state index in [4.69, 9.17) is 10.5 Å². The van der Waals surface area contributed by atoms with Crippen LogP contribution in [-0.4, -0.2) is 26.0 Å². The highest BCUT2D eigenvalue weighted by Crippen LogP contribution is 2.30. The first kappa shape index (κ1) is 15.3. The third-order valence-corrected chi connectivity index (χ3v) is 5.38. The molecule has 0 aliphatic heterocycles. The molecule has 1 aromatic carbocycles. The van der Waals surface area contributed by atoms with Gasteiger partial charge in [0.05, 0.1) is 5.25 Å². The lowest BCUT2D eigenvalue weighted by Crippen LogP contribution is -2.33. The molecular weight excluding hydrogens is 281 g/mol. The summed E-state index contributed by atoms with van der Waals surface area (Å²) in [5.74, 6) is -0.288. The van der Waals surface area contributed by atoms with Crippen LogP contribution in [0.1, 0.15) is 31.2 Å². The van der Waals surface area contributed by atoms with E-state index in [0.717, 1.165) is 12.8 Å². The number of halogens is 1. The van der Waals surface area contributed by atoms with E-state index in [-0.39, 0.29) is 18.4 Å². The van der Waals surface area contributed by atoms with Gasteiger partial charge in [-0.05, 0) is 25.3 Å².